The zero-order chi connectivity index (χ0) is 14.5. The summed E-state index contributed by atoms with van der Waals surface area (Å²) in [5, 5.41) is 2.78. The van der Waals surface area contributed by atoms with Crippen molar-refractivity contribution in [2.75, 3.05) is 23.8 Å². The van der Waals surface area contributed by atoms with E-state index in [1.165, 1.54) is 0 Å². The molecule has 0 saturated heterocycles. The quantitative estimate of drug-likeness (QED) is 0.907. The van der Waals surface area contributed by atoms with Gasteiger partial charge >= 0.3 is 0 Å². The Balaban J connectivity index is 2.25. The normalized spacial score (nSPS) is 10.4. The van der Waals surface area contributed by atoms with Gasteiger partial charge in [-0.3, -0.25) is 0 Å². The van der Waals surface area contributed by atoms with Crippen LogP contribution in [0.5, 0.6) is 0 Å². The lowest BCUT2D eigenvalue weighted by atomic mass is 10.2. The van der Waals surface area contributed by atoms with E-state index >= 15 is 0 Å². The van der Waals surface area contributed by atoms with Crippen LogP contribution in [0.3, 0.4) is 0 Å². The summed E-state index contributed by atoms with van der Waals surface area (Å²) in [6, 6.07) is 10.5. The van der Waals surface area contributed by atoms with Crippen molar-refractivity contribution in [3.63, 3.8) is 0 Å². The third kappa shape index (κ3) is 3.23. The lowest BCUT2D eigenvalue weighted by molar-refractivity contribution is 0.572. The van der Waals surface area contributed by atoms with Gasteiger partial charge in [-0.05, 0) is 12.5 Å². The number of benzene rings is 1. The van der Waals surface area contributed by atoms with Gasteiger partial charge in [-0.1, -0.05) is 30.3 Å². The van der Waals surface area contributed by atoms with Crippen LogP contribution >= 0.6 is 0 Å². The Morgan fingerprint density at radius 2 is 1.85 bits per heavy atom. The molecule has 3 nitrogen and oxygen atoms in total. The van der Waals surface area contributed by atoms with Gasteiger partial charge in [-0.15, -0.1) is 0 Å². The van der Waals surface area contributed by atoms with Crippen LogP contribution in [0.4, 0.5) is 20.4 Å². The minimum atomic E-state index is -0.679. The monoisotopic (exact) mass is 277 g/mol. The minimum absolute atomic E-state index is 0.0730. The second-order valence-corrected chi connectivity index (χ2v) is 4.50. The molecule has 0 unspecified atom stereocenters. The molecule has 2 rings (SSSR count). The van der Waals surface area contributed by atoms with Gasteiger partial charge in [-0.2, -0.15) is 0 Å². The molecule has 0 bridgehead atoms. The van der Waals surface area contributed by atoms with E-state index in [1.807, 2.05) is 37.3 Å². The Bertz CT molecular complexity index is 573. The molecule has 0 spiro atoms. The number of pyridine rings is 1. The van der Waals surface area contributed by atoms with Gasteiger partial charge in [0.25, 0.3) is 0 Å². The maximum atomic E-state index is 13.9. The van der Waals surface area contributed by atoms with Crippen LogP contribution in [0.15, 0.2) is 36.4 Å². The first kappa shape index (κ1) is 14.2. The van der Waals surface area contributed by atoms with E-state index in [-0.39, 0.29) is 11.6 Å². The largest absolute Gasteiger partial charge is 0.368 e. The maximum absolute atomic E-state index is 13.9. The fourth-order valence-electron chi connectivity index (χ4n) is 1.95. The summed E-state index contributed by atoms with van der Waals surface area (Å²) in [4.78, 5) is 5.68. The van der Waals surface area contributed by atoms with Gasteiger partial charge in [0.15, 0.2) is 23.3 Å². The summed E-state index contributed by atoms with van der Waals surface area (Å²) in [6.07, 6.45) is 0. The van der Waals surface area contributed by atoms with E-state index in [4.69, 9.17) is 0 Å². The molecule has 1 aromatic heterocycles. The molecule has 0 amide bonds. The number of rotatable bonds is 5. The van der Waals surface area contributed by atoms with E-state index in [2.05, 4.69) is 10.3 Å². The third-order valence-corrected chi connectivity index (χ3v) is 2.88. The molecule has 20 heavy (non-hydrogen) atoms. The van der Waals surface area contributed by atoms with Crippen LogP contribution in [0.25, 0.3) is 0 Å². The Morgan fingerprint density at radius 3 is 2.50 bits per heavy atom. The van der Waals surface area contributed by atoms with Gasteiger partial charge in [0.1, 0.15) is 0 Å². The molecular formula is C15H17F2N3. The first-order chi connectivity index (χ1) is 9.61. The first-order valence-electron chi connectivity index (χ1n) is 6.46. The highest BCUT2D eigenvalue weighted by atomic mass is 19.1. The molecule has 0 aliphatic heterocycles. The van der Waals surface area contributed by atoms with E-state index in [1.54, 1.807) is 11.9 Å². The molecule has 0 saturated carbocycles. The van der Waals surface area contributed by atoms with Crippen molar-refractivity contribution in [1.82, 2.24) is 4.98 Å². The third-order valence-electron chi connectivity index (χ3n) is 2.88. The Morgan fingerprint density at radius 1 is 1.15 bits per heavy atom. The second kappa shape index (κ2) is 6.32. The highest BCUT2D eigenvalue weighted by Gasteiger charge is 2.15. The summed E-state index contributed by atoms with van der Waals surface area (Å²) in [7, 11) is 1.73. The second-order valence-electron chi connectivity index (χ2n) is 4.50. The Labute approximate surface area is 117 Å². The molecule has 106 valence electrons. The van der Waals surface area contributed by atoms with Crippen LogP contribution in [0.2, 0.25) is 0 Å². The predicted molar refractivity (Wildman–Crippen MR) is 76.9 cm³/mol. The fraction of sp³-hybridized carbons (Fsp3) is 0.267. The highest BCUT2D eigenvalue weighted by Crippen LogP contribution is 2.22. The molecule has 0 radical (unpaired) electrons. The minimum Gasteiger partial charge on any atom is -0.368 e. The van der Waals surface area contributed by atoms with Crippen molar-refractivity contribution >= 4 is 11.6 Å². The zero-order valence-corrected chi connectivity index (χ0v) is 11.5. The molecule has 1 N–H and O–H groups in total. The fourth-order valence-corrected chi connectivity index (χ4v) is 1.95. The topological polar surface area (TPSA) is 28.2 Å². The molecule has 0 aliphatic rings. The van der Waals surface area contributed by atoms with E-state index in [9.17, 15) is 8.78 Å². The van der Waals surface area contributed by atoms with Crippen molar-refractivity contribution < 1.29 is 8.78 Å². The van der Waals surface area contributed by atoms with Crippen LogP contribution in [-0.2, 0) is 6.54 Å². The summed E-state index contributed by atoms with van der Waals surface area (Å²) in [6.45, 7) is 2.86. The summed E-state index contributed by atoms with van der Waals surface area (Å²) < 4.78 is 27.4. The van der Waals surface area contributed by atoms with Crippen LogP contribution < -0.4 is 10.2 Å². The van der Waals surface area contributed by atoms with Crippen molar-refractivity contribution in [2.24, 2.45) is 0 Å². The van der Waals surface area contributed by atoms with E-state index < -0.39 is 11.6 Å². The number of nitrogens with zero attached hydrogens (tertiary/aromatic N) is 2. The molecule has 1 heterocycles. The highest BCUT2D eigenvalue weighted by molar-refractivity contribution is 5.49. The average Bonchev–Trinajstić information content (AvgIpc) is 2.43. The van der Waals surface area contributed by atoms with Crippen molar-refractivity contribution in [1.29, 1.82) is 0 Å². The molecule has 0 atom stereocenters. The number of hydrogen-bond donors (Lipinski definition) is 1. The summed E-state index contributed by atoms with van der Waals surface area (Å²) in [5.41, 5.74) is 1.03. The van der Waals surface area contributed by atoms with E-state index in [0.29, 0.717) is 13.1 Å². The number of nitrogens with one attached hydrogen (secondary N) is 1. The van der Waals surface area contributed by atoms with Gasteiger partial charge in [0, 0.05) is 26.2 Å². The summed E-state index contributed by atoms with van der Waals surface area (Å²) in [5.74, 6) is -1.14. The van der Waals surface area contributed by atoms with Crippen LogP contribution in [-0.4, -0.2) is 18.6 Å². The van der Waals surface area contributed by atoms with Gasteiger partial charge < -0.3 is 10.2 Å². The number of anilines is 2. The van der Waals surface area contributed by atoms with Gasteiger partial charge in [-0.25, -0.2) is 13.8 Å². The van der Waals surface area contributed by atoms with E-state index in [0.717, 1.165) is 11.6 Å². The number of halogens is 2. The lowest BCUT2D eigenvalue weighted by Gasteiger charge is -2.20. The van der Waals surface area contributed by atoms with Crippen LogP contribution in [0, 0.1) is 11.6 Å². The first-order valence-corrected chi connectivity index (χ1v) is 6.46. The standard InChI is InChI=1S/C15H17F2N3/c1-3-18-14-12(16)9-13(17)15(19-14)20(2)10-11-7-5-4-6-8-11/h4-9H,3,10H2,1-2H3,(H,18,19). The summed E-state index contributed by atoms with van der Waals surface area (Å²) >= 11 is 0. The molecular weight excluding hydrogens is 260 g/mol. The van der Waals surface area contributed by atoms with Crippen molar-refractivity contribution in [3.8, 4) is 0 Å². The predicted octanol–water partition coefficient (Wildman–Crippen LogP) is 3.43. The van der Waals surface area contributed by atoms with Gasteiger partial charge in [0.05, 0.1) is 0 Å². The lowest BCUT2D eigenvalue weighted by Crippen LogP contribution is -2.20. The number of hydrogen-bond acceptors (Lipinski definition) is 3. The smallest absolute Gasteiger partial charge is 0.168 e. The molecule has 0 aliphatic carbocycles. The Hall–Kier alpha value is -2.17. The zero-order valence-electron chi connectivity index (χ0n) is 11.5. The Kier molecular flexibility index (Phi) is 4.50. The van der Waals surface area contributed by atoms with Crippen molar-refractivity contribution in [3.05, 3.63) is 53.6 Å². The van der Waals surface area contributed by atoms with Crippen LogP contribution in [0.1, 0.15) is 12.5 Å². The molecule has 5 heteroatoms. The average molecular weight is 277 g/mol. The molecule has 0 fully saturated rings. The number of aromatic nitrogens is 1. The SMILES string of the molecule is CCNc1nc(N(C)Cc2ccccc2)c(F)cc1F. The molecule has 2 aromatic rings. The van der Waals surface area contributed by atoms with Crippen molar-refractivity contribution in [2.45, 2.75) is 13.5 Å². The molecule has 1 aromatic carbocycles. The maximum Gasteiger partial charge on any atom is 0.168 e. The van der Waals surface area contributed by atoms with Gasteiger partial charge in [0.2, 0.25) is 0 Å².